The van der Waals surface area contributed by atoms with Crippen molar-refractivity contribution in [3.05, 3.63) is 71.8 Å². The smallest absolute Gasteiger partial charge is 0.311 e. The lowest BCUT2D eigenvalue weighted by molar-refractivity contribution is -0.135. The molecule has 0 aliphatic heterocycles. The molecule has 0 aromatic heterocycles. The molecular weight excluding hydrogens is 503 g/mol. The Balaban J connectivity index is 1.51. The summed E-state index contributed by atoms with van der Waals surface area (Å²) >= 11 is 10.5. The molecule has 0 radical (unpaired) electrons. The van der Waals surface area contributed by atoms with Gasteiger partial charge in [-0.15, -0.1) is 0 Å². The maximum Gasteiger partial charge on any atom is 0.311 e. The van der Waals surface area contributed by atoms with Crippen LogP contribution in [0.3, 0.4) is 0 Å². The normalized spacial score (nSPS) is 11.1. The molecule has 6 nitrogen and oxygen atoms in total. The summed E-state index contributed by atoms with van der Waals surface area (Å²) in [6, 6.07) is 13.6. The van der Waals surface area contributed by atoms with Crippen LogP contribution in [0, 0.1) is 0 Å². The zero-order chi connectivity index (χ0) is 26.2. The fourth-order valence-electron chi connectivity index (χ4n) is 3.23. The van der Waals surface area contributed by atoms with Crippen molar-refractivity contribution in [3.8, 4) is 11.5 Å². The van der Waals surface area contributed by atoms with E-state index in [9.17, 15) is 19.2 Å². The van der Waals surface area contributed by atoms with Crippen LogP contribution in [0.25, 0.3) is 12.2 Å². The second kappa shape index (κ2) is 16.5. The molecule has 0 saturated carbocycles. The third-order valence-corrected chi connectivity index (χ3v) is 5.30. The number of unbranched alkanes of at least 4 members (excludes halogenated alkanes) is 5. The van der Waals surface area contributed by atoms with Gasteiger partial charge < -0.3 is 9.47 Å². The zero-order valence-electron chi connectivity index (χ0n) is 19.8. The quantitative estimate of drug-likeness (QED) is 0.0819. The maximum atomic E-state index is 12.0. The first-order valence-electron chi connectivity index (χ1n) is 11.7. The van der Waals surface area contributed by atoms with E-state index >= 15 is 0 Å². The third-order valence-electron chi connectivity index (χ3n) is 5.05. The van der Waals surface area contributed by atoms with Gasteiger partial charge in [-0.1, -0.05) is 62.1 Å². The Hall–Kier alpha value is -3.22. The molecule has 0 aliphatic rings. The first kappa shape index (κ1) is 29.0. The number of allylic oxidation sites excluding steroid dienone is 2. The van der Waals surface area contributed by atoms with E-state index in [1.807, 2.05) is 0 Å². The third kappa shape index (κ3) is 13.0. The molecule has 2 rings (SSSR count). The van der Waals surface area contributed by atoms with Crippen LogP contribution in [0.5, 0.6) is 11.5 Å². The lowest BCUT2D eigenvalue weighted by atomic mass is 10.1. The van der Waals surface area contributed by atoms with Crippen LogP contribution in [-0.2, 0) is 19.2 Å². The predicted octanol–water partition coefficient (Wildman–Crippen LogP) is 6.88. The minimum Gasteiger partial charge on any atom is -0.427 e. The Labute approximate surface area is 220 Å². The number of carbonyl (C=O) groups excluding carboxylic acids is 4. The first-order valence-corrected chi connectivity index (χ1v) is 12.4. The fraction of sp³-hybridized carbons (Fsp3) is 0.286. The van der Waals surface area contributed by atoms with Gasteiger partial charge in [-0.3, -0.25) is 19.2 Å². The topological polar surface area (TPSA) is 86.7 Å². The standard InChI is InChI=1S/C28H28Cl2O6/c29-25(31)19-13-21-9-15-23(16-10-21)35-27(33)7-5-3-1-2-4-6-8-28(34)36-24-17-11-22(12-18-24)14-20-26(30)32/h9-20H,1-8H2. The van der Waals surface area contributed by atoms with Gasteiger partial charge in [-0.05, 0) is 83.6 Å². The molecule has 36 heavy (non-hydrogen) atoms. The molecule has 0 spiro atoms. The number of hydrogen-bond acceptors (Lipinski definition) is 6. The summed E-state index contributed by atoms with van der Waals surface area (Å²) < 4.78 is 10.6. The molecule has 0 atom stereocenters. The monoisotopic (exact) mass is 530 g/mol. The predicted molar refractivity (Wildman–Crippen MR) is 141 cm³/mol. The van der Waals surface area contributed by atoms with Crippen LogP contribution in [0.4, 0.5) is 0 Å². The first-order chi connectivity index (χ1) is 17.3. The summed E-state index contributed by atoms with van der Waals surface area (Å²) in [6.07, 6.45) is 11.6. The highest BCUT2D eigenvalue weighted by Gasteiger charge is 2.06. The SMILES string of the molecule is O=C(Cl)C=Cc1ccc(OC(=O)CCCCCCCCC(=O)Oc2ccc(C=CC(=O)Cl)cc2)cc1. The van der Waals surface area contributed by atoms with Gasteiger partial charge in [-0.2, -0.15) is 0 Å². The van der Waals surface area contributed by atoms with Crippen molar-refractivity contribution in [1.29, 1.82) is 0 Å². The molecule has 0 bridgehead atoms. The van der Waals surface area contributed by atoms with Crippen molar-refractivity contribution >= 4 is 57.8 Å². The summed E-state index contributed by atoms with van der Waals surface area (Å²) in [4.78, 5) is 45.4. The van der Waals surface area contributed by atoms with Gasteiger partial charge in [0, 0.05) is 12.8 Å². The Bertz CT molecular complexity index is 985. The summed E-state index contributed by atoms with van der Waals surface area (Å²) in [5.74, 6) is 0.343. The van der Waals surface area contributed by atoms with Gasteiger partial charge in [0.2, 0.25) is 10.5 Å². The van der Waals surface area contributed by atoms with Crippen molar-refractivity contribution in [2.24, 2.45) is 0 Å². The highest BCUT2D eigenvalue weighted by molar-refractivity contribution is 6.67. The Morgan fingerprint density at radius 1 is 0.556 bits per heavy atom. The Kier molecular flexibility index (Phi) is 13.3. The van der Waals surface area contributed by atoms with Crippen molar-refractivity contribution < 1.29 is 28.7 Å². The van der Waals surface area contributed by atoms with Crippen molar-refractivity contribution in [2.75, 3.05) is 0 Å². The van der Waals surface area contributed by atoms with Gasteiger partial charge in [0.15, 0.2) is 0 Å². The summed E-state index contributed by atoms with van der Waals surface area (Å²) in [5.41, 5.74) is 1.56. The average molecular weight is 531 g/mol. The number of esters is 2. The Morgan fingerprint density at radius 3 is 1.22 bits per heavy atom. The molecule has 0 saturated heterocycles. The van der Waals surface area contributed by atoms with E-state index in [1.54, 1.807) is 60.7 Å². The van der Waals surface area contributed by atoms with E-state index in [2.05, 4.69) is 0 Å². The largest absolute Gasteiger partial charge is 0.427 e. The molecule has 0 amide bonds. The van der Waals surface area contributed by atoms with Crippen LogP contribution >= 0.6 is 23.2 Å². The van der Waals surface area contributed by atoms with Crippen LogP contribution in [0.2, 0.25) is 0 Å². The lowest BCUT2D eigenvalue weighted by Gasteiger charge is -2.06. The van der Waals surface area contributed by atoms with Gasteiger partial charge in [0.1, 0.15) is 11.5 Å². The molecular formula is C28H28Cl2O6. The summed E-state index contributed by atoms with van der Waals surface area (Å²) in [6.45, 7) is 0. The molecule has 2 aromatic rings. The zero-order valence-corrected chi connectivity index (χ0v) is 21.3. The number of ether oxygens (including phenoxy) is 2. The molecule has 0 heterocycles. The molecule has 0 N–H and O–H groups in total. The highest BCUT2D eigenvalue weighted by atomic mass is 35.5. The molecule has 2 aromatic carbocycles. The summed E-state index contributed by atoms with van der Waals surface area (Å²) in [7, 11) is 0. The minimum absolute atomic E-state index is 0.284. The van der Waals surface area contributed by atoms with Gasteiger partial charge in [0.25, 0.3) is 0 Å². The second-order valence-corrected chi connectivity index (χ2v) is 8.73. The van der Waals surface area contributed by atoms with E-state index in [0.717, 1.165) is 49.7 Å². The maximum absolute atomic E-state index is 12.0. The Morgan fingerprint density at radius 2 is 0.889 bits per heavy atom. The van der Waals surface area contributed by atoms with Crippen LogP contribution in [-0.4, -0.2) is 22.4 Å². The number of carbonyl (C=O) groups is 4. The lowest BCUT2D eigenvalue weighted by Crippen LogP contribution is -2.07. The second-order valence-electron chi connectivity index (χ2n) is 7.98. The molecule has 190 valence electrons. The van der Waals surface area contributed by atoms with E-state index in [4.69, 9.17) is 32.7 Å². The molecule has 8 heteroatoms. The minimum atomic E-state index is -0.552. The summed E-state index contributed by atoms with van der Waals surface area (Å²) in [5, 5.41) is -1.10. The molecule has 0 aliphatic carbocycles. The van der Waals surface area contributed by atoms with Crippen LogP contribution < -0.4 is 9.47 Å². The van der Waals surface area contributed by atoms with Crippen molar-refractivity contribution in [3.63, 3.8) is 0 Å². The van der Waals surface area contributed by atoms with Gasteiger partial charge in [-0.25, -0.2) is 0 Å². The van der Waals surface area contributed by atoms with Gasteiger partial charge in [0.05, 0.1) is 0 Å². The van der Waals surface area contributed by atoms with E-state index in [1.165, 1.54) is 12.2 Å². The number of hydrogen-bond donors (Lipinski definition) is 0. The van der Waals surface area contributed by atoms with Crippen molar-refractivity contribution in [2.45, 2.75) is 51.4 Å². The highest BCUT2D eigenvalue weighted by Crippen LogP contribution is 2.17. The van der Waals surface area contributed by atoms with Crippen LogP contribution in [0.1, 0.15) is 62.5 Å². The van der Waals surface area contributed by atoms with E-state index < -0.39 is 10.5 Å². The number of rotatable bonds is 15. The fourth-order valence-corrected chi connectivity index (χ4v) is 3.35. The number of benzene rings is 2. The molecule has 0 fully saturated rings. The van der Waals surface area contributed by atoms with E-state index in [0.29, 0.717) is 24.3 Å². The molecule has 0 unspecified atom stereocenters. The average Bonchev–Trinajstić information content (AvgIpc) is 2.84. The van der Waals surface area contributed by atoms with E-state index in [-0.39, 0.29) is 11.9 Å². The van der Waals surface area contributed by atoms with Crippen molar-refractivity contribution in [1.82, 2.24) is 0 Å². The van der Waals surface area contributed by atoms with Crippen LogP contribution in [0.15, 0.2) is 60.7 Å². The number of halogens is 2. The van der Waals surface area contributed by atoms with Gasteiger partial charge >= 0.3 is 11.9 Å².